The molecule has 1 N–H and O–H groups in total. The normalized spacial score (nSPS) is 12.4. The molecule has 4 heteroatoms. The van der Waals surface area contributed by atoms with E-state index in [0.717, 1.165) is 18.5 Å². The number of nitriles is 1. The molecular formula is C10H16N4. The highest BCUT2D eigenvalue weighted by Crippen LogP contribution is 2.00. The van der Waals surface area contributed by atoms with Crippen LogP contribution in [0, 0.1) is 11.3 Å². The van der Waals surface area contributed by atoms with Crippen molar-refractivity contribution in [2.75, 3.05) is 0 Å². The molecule has 1 rings (SSSR count). The molecule has 0 radical (unpaired) electrons. The van der Waals surface area contributed by atoms with Gasteiger partial charge in [-0.1, -0.05) is 6.92 Å². The number of rotatable bonds is 5. The minimum atomic E-state index is 0.292. The summed E-state index contributed by atoms with van der Waals surface area (Å²) in [5, 5.41) is 16.0. The Morgan fingerprint density at radius 2 is 2.50 bits per heavy atom. The van der Waals surface area contributed by atoms with Crippen molar-refractivity contribution in [1.29, 1.82) is 5.26 Å². The van der Waals surface area contributed by atoms with Gasteiger partial charge in [0.25, 0.3) is 0 Å². The van der Waals surface area contributed by atoms with Crippen molar-refractivity contribution < 1.29 is 0 Å². The average Bonchev–Trinajstić information content (AvgIpc) is 2.59. The number of aromatic nitrogens is 2. The molecule has 0 saturated heterocycles. The molecule has 14 heavy (non-hydrogen) atoms. The first-order valence-electron chi connectivity index (χ1n) is 4.84. The first kappa shape index (κ1) is 10.7. The van der Waals surface area contributed by atoms with E-state index in [1.807, 2.05) is 19.4 Å². The summed E-state index contributed by atoms with van der Waals surface area (Å²) in [5.41, 5.74) is 1.16. The van der Waals surface area contributed by atoms with Crippen molar-refractivity contribution in [3.63, 3.8) is 0 Å². The first-order valence-corrected chi connectivity index (χ1v) is 4.84. The fraction of sp³-hybridized carbons (Fsp3) is 0.600. The zero-order valence-corrected chi connectivity index (χ0v) is 8.70. The van der Waals surface area contributed by atoms with Crippen molar-refractivity contribution in [3.05, 3.63) is 18.0 Å². The zero-order valence-electron chi connectivity index (χ0n) is 8.70. The predicted octanol–water partition coefficient (Wildman–Crippen LogP) is 1.20. The standard InChI is InChI=1S/C10H16N4/c1-3-10(4-5-11)12-6-9-7-13-14(2)8-9/h7-8,10,12H,3-4,6H2,1-2H3. The summed E-state index contributed by atoms with van der Waals surface area (Å²) in [7, 11) is 1.90. The molecule has 1 atom stereocenters. The summed E-state index contributed by atoms with van der Waals surface area (Å²) in [6.45, 7) is 2.87. The number of nitrogens with one attached hydrogen (secondary N) is 1. The molecule has 0 aromatic carbocycles. The van der Waals surface area contributed by atoms with E-state index < -0.39 is 0 Å². The molecule has 0 fully saturated rings. The van der Waals surface area contributed by atoms with Crippen LogP contribution in [0.2, 0.25) is 0 Å². The Balaban J connectivity index is 2.36. The second-order valence-corrected chi connectivity index (χ2v) is 3.37. The van der Waals surface area contributed by atoms with Gasteiger partial charge in [0.2, 0.25) is 0 Å². The Labute approximate surface area is 84.5 Å². The molecule has 0 aliphatic rings. The van der Waals surface area contributed by atoms with Crippen LogP contribution < -0.4 is 5.32 Å². The summed E-state index contributed by atoms with van der Waals surface area (Å²) >= 11 is 0. The van der Waals surface area contributed by atoms with Crippen molar-refractivity contribution in [3.8, 4) is 6.07 Å². The van der Waals surface area contributed by atoms with Crippen LogP contribution in [0.1, 0.15) is 25.3 Å². The minimum Gasteiger partial charge on any atom is -0.309 e. The molecule has 0 aliphatic carbocycles. The summed E-state index contributed by atoms with van der Waals surface area (Å²) in [6.07, 6.45) is 5.36. The van der Waals surface area contributed by atoms with Crippen LogP contribution >= 0.6 is 0 Å². The molecule has 1 unspecified atom stereocenters. The lowest BCUT2D eigenvalue weighted by molar-refractivity contribution is 0.505. The van der Waals surface area contributed by atoms with Gasteiger partial charge in [0.15, 0.2) is 0 Å². The van der Waals surface area contributed by atoms with E-state index in [2.05, 4.69) is 23.4 Å². The highest BCUT2D eigenvalue weighted by molar-refractivity contribution is 5.03. The maximum absolute atomic E-state index is 8.56. The number of nitrogens with zero attached hydrogens (tertiary/aromatic N) is 3. The number of aryl methyl sites for hydroxylation is 1. The van der Waals surface area contributed by atoms with Crippen molar-refractivity contribution in [1.82, 2.24) is 15.1 Å². The summed E-state index contributed by atoms with van der Waals surface area (Å²) in [5.74, 6) is 0. The number of hydrogen-bond acceptors (Lipinski definition) is 3. The number of hydrogen-bond donors (Lipinski definition) is 1. The molecular weight excluding hydrogens is 176 g/mol. The lowest BCUT2D eigenvalue weighted by atomic mass is 10.1. The van der Waals surface area contributed by atoms with Crippen LogP contribution in [0.15, 0.2) is 12.4 Å². The van der Waals surface area contributed by atoms with E-state index in [0.29, 0.717) is 12.5 Å². The van der Waals surface area contributed by atoms with Gasteiger partial charge in [-0.3, -0.25) is 4.68 Å². The van der Waals surface area contributed by atoms with Gasteiger partial charge >= 0.3 is 0 Å². The van der Waals surface area contributed by atoms with Gasteiger partial charge in [0, 0.05) is 31.4 Å². The van der Waals surface area contributed by atoms with Gasteiger partial charge in [-0.25, -0.2) is 0 Å². The summed E-state index contributed by atoms with van der Waals surface area (Å²) in [6, 6.07) is 2.47. The summed E-state index contributed by atoms with van der Waals surface area (Å²) in [4.78, 5) is 0. The summed E-state index contributed by atoms with van der Waals surface area (Å²) < 4.78 is 1.78. The van der Waals surface area contributed by atoms with Crippen molar-refractivity contribution in [2.45, 2.75) is 32.4 Å². The molecule has 0 saturated carbocycles. The van der Waals surface area contributed by atoms with Crippen molar-refractivity contribution in [2.24, 2.45) is 7.05 Å². The van der Waals surface area contributed by atoms with Gasteiger partial charge in [-0.2, -0.15) is 10.4 Å². The average molecular weight is 192 g/mol. The molecule has 1 heterocycles. The topological polar surface area (TPSA) is 53.6 Å². The Bertz CT molecular complexity index is 310. The largest absolute Gasteiger partial charge is 0.309 e. The van der Waals surface area contributed by atoms with Crippen LogP contribution in [0.25, 0.3) is 0 Å². The van der Waals surface area contributed by atoms with Gasteiger partial charge in [-0.15, -0.1) is 0 Å². The Morgan fingerprint density at radius 3 is 3.00 bits per heavy atom. The van der Waals surface area contributed by atoms with Gasteiger partial charge in [-0.05, 0) is 6.42 Å². The maximum Gasteiger partial charge on any atom is 0.0638 e. The quantitative estimate of drug-likeness (QED) is 0.762. The van der Waals surface area contributed by atoms with E-state index in [9.17, 15) is 0 Å². The van der Waals surface area contributed by atoms with E-state index in [1.54, 1.807) is 4.68 Å². The van der Waals surface area contributed by atoms with E-state index in [-0.39, 0.29) is 0 Å². The fourth-order valence-corrected chi connectivity index (χ4v) is 1.30. The van der Waals surface area contributed by atoms with Gasteiger partial charge < -0.3 is 5.32 Å². The molecule has 1 aromatic rings. The molecule has 0 aliphatic heterocycles. The SMILES string of the molecule is CCC(CC#N)NCc1cnn(C)c1. The van der Waals surface area contributed by atoms with Crippen LogP contribution in [-0.4, -0.2) is 15.8 Å². The Kier molecular flexibility index (Phi) is 4.14. The lowest BCUT2D eigenvalue weighted by Gasteiger charge is -2.11. The molecule has 0 amide bonds. The maximum atomic E-state index is 8.56. The van der Waals surface area contributed by atoms with E-state index in [4.69, 9.17) is 5.26 Å². The predicted molar refractivity (Wildman–Crippen MR) is 54.4 cm³/mol. The second kappa shape index (κ2) is 5.40. The van der Waals surface area contributed by atoms with Gasteiger partial charge in [0.1, 0.15) is 0 Å². The Hall–Kier alpha value is -1.34. The fourth-order valence-electron chi connectivity index (χ4n) is 1.30. The molecule has 76 valence electrons. The van der Waals surface area contributed by atoms with E-state index >= 15 is 0 Å². The smallest absolute Gasteiger partial charge is 0.0638 e. The highest BCUT2D eigenvalue weighted by atomic mass is 15.2. The first-order chi connectivity index (χ1) is 6.76. The molecule has 0 spiro atoms. The zero-order chi connectivity index (χ0) is 10.4. The second-order valence-electron chi connectivity index (χ2n) is 3.37. The highest BCUT2D eigenvalue weighted by Gasteiger charge is 2.04. The molecule has 1 aromatic heterocycles. The Morgan fingerprint density at radius 1 is 1.71 bits per heavy atom. The third kappa shape index (κ3) is 3.19. The van der Waals surface area contributed by atoms with Crippen LogP contribution in [0.5, 0.6) is 0 Å². The monoisotopic (exact) mass is 192 g/mol. The lowest BCUT2D eigenvalue weighted by Crippen LogP contribution is -2.27. The molecule has 0 bridgehead atoms. The molecule has 4 nitrogen and oxygen atoms in total. The third-order valence-electron chi connectivity index (χ3n) is 2.18. The van der Waals surface area contributed by atoms with Crippen molar-refractivity contribution >= 4 is 0 Å². The van der Waals surface area contributed by atoms with Gasteiger partial charge in [0.05, 0.1) is 18.7 Å². The van der Waals surface area contributed by atoms with E-state index in [1.165, 1.54) is 0 Å². The van der Waals surface area contributed by atoms with Crippen LogP contribution in [0.4, 0.5) is 0 Å². The third-order valence-corrected chi connectivity index (χ3v) is 2.18. The van der Waals surface area contributed by atoms with Crippen LogP contribution in [-0.2, 0) is 13.6 Å². The minimum absolute atomic E-state index is 0.292. The van der Waals surface area contributed by atoms with Crippen LogP contribution in [0.3, 0.4) is 0 Å².